The third-order valence-electron chi connectivity index (χ3n) is 6.97. The number of likely N-dealkylation sites (N-methyl/N-ethyl adjacent to an activating group) is 1. The highest BCUT2D eigenvalue weighted by Gasteiger charge is 2.55. The molecule has 1 unspecified atom stereocenters. The zero-order chi connectivity index (χ0) is 22.0. The van der Waals surface area contributed by atoms with Gasteiger partial charge in [-0.1, -0.05) is 56.3 Å². The SMILES string of the molecule is CN1/C(=C/C(=O)CN2C(=O)NC3(CCc4ccccc43)C2=O)C(C)(C)c2ccccc21. The van der Waals surface area contributed by atoms with Crippen LogP contribution in [0.1, 0.15) is 37.0 Å². The van der Waals surface area contributed by atoms with Crippen LogP contribution in [0.5, 0.6) is 0 Å². The van der Waals surface area contributed by atoms with E-state index in [4.69, 9.17) is 0 Å². The minimum atomic E-state index is -1.04. The molecule has 0 radical (unpaired) electrons. The minimum absolute atomic E-state index is 0.266. The van der Waals surface area contributed by atoms with Gasteiger partial charge < -0.3 is 10.2 Å². The number of amides is 3. The van der Waals surface area contributed by atoms with Crippen LogP contribution < -0.4 is 10.2 Å². The summed E-state index contributed by atoms with van der Waals surface area (Å²) >= 11 is 0. The highest BCUT2D eigenvalue weighted by Crippen LogP contribution is 2.46. The molecule has 2 heterocycles. The van der Waals surface area contributed by atoms with Gasteiger partial charge in [-0.2, -0.15) is 0 Å². The molecule has 158 valence electrons. The van der Waals surface area contributed by atoms with Crippen LogP contribution in [0.4, 0.5) is 10.5 Å². The Balaban J connectivity index is 1.41. The Morgan fingerprint density at radius 3 is 2.48 bits per heavy atom. The number of nitrogens with zero attached hydrogens (tertiary/aromatic N) is 2. The summed E-state index contributed by atoms with van der Waals surface area (Å²) in [5, 5.41) is 2.88. The summed E-state index contributed by atoms with van der Waals surface area (Å²) in [6.45, 7) is 3.89. The van der Waals surface area contributed by atoms with Crippen molar-refractivity contribution in [3.8, 4) is 0 Å². The summed E-state index contributed by atoms with van der Waals surface area (Å²) < 4.78 is 0. The predicted octanol–water partition coefficient (Wildman–Crippen LogP) is 3.26. The number of carbonyl (C=O) groups is 3. The molecule has 2 aliphatic heterocycles. The molecule has 0 saturated carbocycles. The summed E-state index contributed by atoms with van der Waals surface area (Å²) in [5.74, 6) is -0.605. The molecule has 3 amide bonds. The Morgan fingerprint density at radius 2 is 1.74 bits per heavy atom. The Bertz CT molecular complexity index is 1170. The third-order valence-corrected chi connectivity index (χ3v) is 6.97. The van der Waals surface area contributed by atoms with Crippen molar-refractivity contribution in [2.24, 2.45) is 0 Å². The molecule has 1 atom stereocenters. The van der Waals surface area contributed by atoms with Crippen LogP contribution >= 0.6 is 0 Å². The van der Waals surface area contributed by atoms with Gasteiger partial charge in [0.1, 0.15) is 5.54 Å². The van der Waals surface area contributed by atoms with Crippen LogP contribution in [0, 0.1) is 0 Å². The summed E-state index contributed by atoms with van der Waals surface area (Å²) in [7, 11) is 1.94. The topological polar surface area (TPSA) is 69.7 Å². The summed E-state index contributed by atoms with van der Waals surface area (Å²) in [5.41, 5.74) is 3.58. The molecular weight excluding hydrogens is 390 g/mol. The molecular formula is C25H25N3O3. The first-order valence-electron chi connectivity index (χ1n) is 10.6. The Labute approximate surface area is 181 Å². The Kier molecular flexibility index (Phi) is 4.13. The number of benzene rings is 2. The van der Waals surface area contributed by atoms with Gasteiger partial charge in [0.05, 0.1) is 6.54 Å². The summed E-state index contributed by atoms with van der Waals surface area (Å²) in [6.07, 6.45) is 2.83. The third kappa shape index (κ3) is 2.67. The van der Waals surface area contributed by atoms with E-state index in [2.05, 4.69) is 25.2 Å². The van der Waals surface area contributed by atoms with E-state index < -0.39 is 11.6 Å². The number of aryl methyl sites for hydroxylation is 1. The van der Waals surface area contributed by atoms with Crippen LogP contribution in [0.15, 0.2) is 60.3 Å². The number of hydrogen-bond acceptors (Lipinski definition) is 4. The van der Waals surface area contributed by atoms with Gasteiger partial charge in [-0.15, -0.1) is 0 Å². The van der Waals surface area contributed by atoms with Crippen molar-refractivity contribution in [1.82, 2.24) is 10.2 Å². The standard InChI is InChI=1S/C25H25N3O3/c1-24(2)19-10-6-7-11-20(19)27(3)21(24)14-17(29)15-28-22(30)25(26-23(28)31)13-12-16-8-4-5-9-18(16)25/h4-11,14H,12-13,15H2,1-3H3,(H,26,31)/b21-14+. The maximum Gasteiger partial charge on any atom is 0.325 e. The van der Waals surface area contributed by atoms with Crippen LogP contribution in [-0.2, 0) is 27.0 Å². The second kappa shape index (κ2) is 6.54. The Hall–Kier alpha value is -3.41. The molecule has 2 aromatic rings. The number of ketones is 1. The number of urea groups is 1. The lowest BCUT2D eigenvalue weighted by Crippen LogP contribution is -2.42. The number of carbonyl (C=O) groups excluding carboxylic acids is 3. The number of fused-ring (bicyclic) bond motifs is 3. The maximum atomic E-state index is 13.3. The highest BCUT2D eigenvalue weighted by atomic mass is 16.2. The minimum Gasteiger partial charge on any atom is -0.347 e. The number of allylic oxidation sites excluding steroid dienone is 1. The molecule has 6 heteroatoms. The van der Waals surface area contributed by atoms with Crippen molar-refractivity contribution in [3.05, 3.63) is 77.0 Å². The monoisotopic (exact) mass is 415 g/mol. The molecule has 2 aromatic carbocycles. The van der Waals surface area contributed by atoms with Crippen LogP contribution in [0.2, 0.25) is 0 Å². The van der Waals surface area contributed by atoms with Crippen molar-refractivity contribution >= 4 is 23.4 Å². The average molecular weight is 415 g/mol. The maximum absolute atomic E-state index is 13.3. The molecule has 31 heavy (non-hydrogen) atoms. The molecule has 5 rings (SSSR count). The van der Waals surface area contributed by atoms with E-state index in [1.807, 2.05) is 54.4 Å². The molecule has 3 aliphatic rings. The van der Waals surface area contributed by atoms with E-state index in [-0.39, 0.29) is 23.7 Å². The van der Waals surface area contributed by atoms with E-state index in [1.165, 1.54) is 0 Å². The number of rotatable bonds is 3. The predicted molar refractivity (Wildman–Crippen MR) is 118 cm³/mol. The molecule has 1 aliphatic carbocycles. The van der Waals surface area contributed by atoms with Crippen molar-refractivity contribution < 1.29 is 14.4 Å². The molecule has 0 aromatic heterocycles. The molecule has 6 nitrogen and oxygen atoms in total. The van der Waals surface area contributed by atoms with Gasteiger partial charge in [-0.25, -0.2) is 4.79 Å². The number of nitrogens with one attached hydrogen (secondary N) is 1. The second-order valence-corrected chi connectivity index (χ2v) is 9.08. The lowest BCUT2D eigenvalue weighted by atomic mass is 9.83. The van der Waals surface area contributed by atoms with Gasteiger partial charge in [0.15, 0.2) is 5.78 Å². The van der Waals surface area contributed by atoms with Crippen molar-refractivity contribution in [2.75, 3.05) is 18.5 Å². The number of anilines is 1. The first-order valence-corrected chi connectivity index (χ1v) is 10.6. The van der Waals surface area contributed by atoms with E-state index >= 15 is 0 Å². The smallest absolute Gasteiger partial charge is 0.325 e. The van der Waals surface area contributed by atoms with Gasteiger partial charge >= 0.3 is 6.03 Å². The molecule has 0 bridgehead atoms. The largest absolute Gasteiger partial charge is 0.347 e. The van der Waals surface area contributed by atoms with E-state index in [0.717, 1.165) is 39.4 Å². The van der Waals surface area contributed by atoms with Crippen molar-refractivity contribution in [3.63, 3.8) is 0 Å². The average Bonchev–Trinajstić information content (AvgIpc) is 3.30. The molecule has 1 spiro atoms. The highest BCUT2D eigenvalue weighted by molar-refractivity contribution is 6.11. The van der Waals surface area contributed by atoms with Crippen LogP contribution in [0.3, 0.4) is 0 Å². The number of imide groups is 1. The van der Waals surface area contributed by atoms with Gasteiger partial charge in [0, 0.05) is 29.9 Å². The van der Waals surface area contributed by atoms with E-state index in [0.29, 0.717) is 6.42 Å². The van der Waals surface area contributed by atoms with Gasteiger partial charge in [-0.3, -0.25) is 14.5 Å². The summed E-state index contributed by atoms with van der Waals surface area (Å²) in [6, 6.07) is 15.2. The first-order chi connectivity index (χ1) is 14.8. The number of para-hydroxylation sites is 1. The van der Waals surface area contributed by atoms with Crippen LogP contribution in [0.25, 0.3) is 0 Å². The lowest BCUT2D eigenvalue weighted by molar-refractivity contribution is -0.133. The van der Waals surface area contributed by atoms with E-state index in [9.17, 15) is 14.4 Å². The fraction of sp³-hybridized carbons (Fsp3) is 0.320. The molecule has 1 saturated heterocycles. The van der Waals surface area contributed by atoms with Crippen molar-refractivity contribution in [2.45, 2.75) is 37.6 Å². The first kappa shape index (κ1) is 19.5. The quantitative estimate of drug-likeness (QED) is 0.617. The normalized spacial score (nSPS) is 24.7. The fourth-order valence-corrected chi connectivity index (χ4v) is 5.35. The van der Waals surface area contributed by atoms with Gasteiger partial charge in [-0.05, 0) is 35.6 Å². The lowest BCUT2D eigenvalue weighted by Gasteiger charge is -2.24. The number of hydrogen-bond donors (Lipinski definition) is 1. The fourth-order valence-electron chi connectivity index (χ4n) is 5.35. The zero-order valence-electron chi connectivity index (χ0n) is 17.9. The Morgan fingerprint density at radius 1 is 1.06 bits per heavy atom. The van der Waals surface area contributed by atoms with E-state index in [1.54, 1.807) is 6.08 Å². The second-order valence-electron chi connectivity index (χ2n) is 9.08. The molecule has 1 fully saturated rings. The van der Waals surface area contributed by atoms with Gasteiger partial charge in [0.2, 0.25) is 0 Å². The molecule has 1 N–H and O–H groups in total. The van der Waals surface area contributed by atoms with Crippen LogP contribution in [-0.4, -0.2) is 36.2 Å². The van der Waals surface area contributed by atoms with Gasteiger partial charge in [0.25, 0.3) is 5.91 Å². The zero-order valence-corrected chi connectivity index (χ0v) is 17.9. The summed E-state index contributed by atoms with van der Waals surface area (Å²) in [4.78, 5) is 42.1. The van der Waals surface area contributed by atoms with Crippen molar-refractivity contribution in [1.29, 1.82) is 0 Å².